The number of sulfone groups is 1. The molecule has 5 aliphatic carbocycles. The van der Waals surface area contributed by atoms with Crippen molar-refractivity contribution in [1.82, 2.24) is 10.2 Å². The normalized spacial score (nSPS) is 42.6. The van der Waals surface area contributed by atoms with Gasteiger partial charge >= 0.3 is 0 Å². The Morgan fingerprint density at radius 1 is 0.918 bits per heavy atom. The maximum atomic E-state index is 12.0. The van der Waals surface area contributed by atoms with E-state index in [2.05, 4.69) is 76.5 Å². The van der Waals surface area contributed by atoms with Gasteiger partial charge in [-0.1, -0.05) is 65.0 Å². The van der Waals surface area contributed by atoms with E-state index in [0.29, 0.717) is 65.2 Å². The molecular formula is C42H61ClN2O3S. The highest BCUT2D eigenvalue weighted by molar-refractivity contribution is 7.91. The van der Waals surface area contributed by atoms with Crippen LogP contribution in [0.25, 0.3) is 5.57 Å². The molecule has 1 saturated heterocycles. The molecule has 3 unspecified atom stereocenters. The number of nitrogens with one attached hydrogen (secondary N) is 1. The summed E-state index contributed by atoms with van der Waals surface area (Å²) in [6.07, 6.45) is 13.9. The van der Waals surface area contributed by atoms with E-state index >= 15 is 0 Å². The molecular weight excluding hydrogens is 648 g/mol. The summed E-state index contributed by atoms with van der Waals surface area (Å²) in [6.45, 7) is 23.1. The number of carbonyl (C=O) groups excluding carboxylic acids is 1. The van der Waals surface area contributed by atoms with Gasteiger partial charge in [0.25, 0.3) is 5.24 Å². The number of hydrogen-bond acceptors (Lipinski definition) is 5. The Morgan fingerprint density at radius 2 is 1.61 bits per heavy atom. The summed E-state index contributed by atoms with van der Waals surface area (Å²) in [5.74, 6) is 3.78. The zero-order chi connectivity index (χ0) is 35.2. The molecule has 0 aromatic heterocycles. The van der Waals surface area contributed by atoms with Crippen LogP contribution in [0.4, 0.5) is 0 Å². The highest BCUT2D eigenvalue weighted by Crippen LogP contribution is 2.76. The van der Waals surface area contributed by atoms with Crippen molar-refractivity contribution < 1.29 is 13.2 Å². The van der Waals surface area contributed by atoms with Gasteiger partial charge in [0.1, 0.15) is 0 Å². The lowest BCUT2D eigenvalue weighted by Gasteiger charge is -2.72. The maximum Gasteiger partial charge on any atom is 0.252 e. The van der Waals surface area contributed by atoms with Crippen molar-refractivity contribution >= 4 is 32.3 Å². The van der Waals surface area contributed by atoms with Crippen LogP contribution < -0.4 is 5.32 Å². The molecule has 5 fully saturated rings. The first-order valence-electron chi connectivity index (χ1n) is 19.3. The van der Waals surface area contributed by atoms with Gasteiger partial charge in [-0.15, -0.1) is 0 Å². The number of fused-ring (bicyclic) bond motifs is 7. The first-order chi connectivity index (χ1) is 23.0. The number of benzene rings is 1. The third-order valence-electron chi connectivity index (χ3n) is 16.4. The van der Waals surface area contributed by atoms with E-state index in [0.717, 1.165) is 19.5 Å². The summed E-state index contributed by atoms with van der Waals surface area (Å²) in [7, 11) is -2.86. The number of allylic oxidation sites excluding steroid dienone is 3. The minimum Gasteiger partial charge on any atom is -0.310 e. The largest absolute Gasteiger partial charge is 0.310 e. The minimum atomic E-state index is -2.86. The summed E-state index contributed by atoms with van der Waals surface area (Å²) in [4.78, 5) is 14.1. The predicted molar refractivity (Wildman–Crippen MR) is 202 cm³/mol. The molecule has 1 aromatic rings. The van der Waals surface area contributed by atoms with Gasteiger partial charge in [-0.2, -0.15) is 0 Å². The van der Waals surface area contributed by atoms with Crippen LogP contribution in [0.15, 0.2) is 42.5 Å². The highest BCUT2D eigenvalue weighted by atomic mass is 35.5. The second kappa shape index (κ2) is 12.3. The Labute approximate surface area is 302 Å². The van der Waals surface area contributed by atoms with E-state index in [1.54, 1.807) is 0 Å². The average Bonchev–Trinajstić information content (AvgIpc) is 3.42. The lowest BCUT2D eigenvalue weighted by molar-refractivity contribution is -0.219. The van der Waals surface area contributed by atoms with Crippen LogP contribution in [-0.4, -0.2) is 61.8 Å². The predicted octanol–water partition coefficient (Wildman–Crippen LogP) is 8.79. The van der Waals surface area contributed by atoms with Crippen LogP contribution >= 0.6 is 11.6 Å². The van der Waals surface area contributed by atoms with Gasteiger partial charge in [-0.25, -0.2) is 8.42 Å². The first-order valence-corrected chi connectivity index (χ1v) is 21.5. The van der Waals surface area contributed by atoms with Gasteiger partial charge in [0.15, 0.2) is 9.84 Å². The van der Waals surface area contributed by atoms with Crippen molar-refractivity contribution in [3.05, 3.63) is 53.6 Å². The minimum absolute atomic E-state index is 0.0409. The lowest BCUT2D eigenvalue weighted by atomic mass is 9.33. The van der Waals surface area contributed by atoms with E-state index in [-0.39, 0.29) is 21.8 Å². The smallest absolute Gasteiger partial charge is 0.252 e. The zero-order valence-corrected chi connectivity index (χ0v) is 32.6. The van der Waals surface area contributed by atoms with Crippen molar-refractivity contribution in [3.8, 4) is 0 Å². The van der Waals surface area contributed by atoms with E-state index in [1.165, 1.54) is 68.1 Å². The van der Waals surface area contributed by atoms with Crippen LogP contribution in [-0.2, 0) is 9.84 Å². The molecule has 0 amide bonds. The number of carbonyl (C=O) groups is 1. The third-order valence-corrected chi connectivity index (χ3v) is 18.2. The molecule has 1 aromatic carbocycles. The Hall–Kier alpha value is -1.47. The molecule has 6 aliphatic rings. The molecule has 4 saturated carbocycles. The van der Waals surface area contributed by atoms with E-state index in [9.17, 15) is 13.2 Å². The fourth-order valence-electron chi connectivity index (χ4n) is 13.8. The Kier molecular flexibility index (Phi) is 9.02. The monoisotopic (exact) mass is 708 g/mol. The quantitative estimate of drug-likeness (QED) is 0.227. The molecule has 49 heavy (non-hydrogen) atoms. The van der Waals surface area contributed by atoms with Crippen LogP contribution in [0.5, 0.6) is 0 Å². The van der Waals surface area contributed by atoms with Gasteiger partial charge in [-0.05, 0) is 151 Å². The van der Waals surface area contributed by atoms with Gasteiger partial charge in [0.2, 0.25) is 0 Å². The number of hydrogen-bond donors (Lipinski definition) is 1. The summed E-state index contributed by atoms with van der Waals surface area (Å²) >= 11 is 5.78. The molecule has 7 heteroatoms. The molecule has 1 aliphatic heterocycles. The second-order valence-electron chi connectivity index (χ2n) is 18.7. The Bertz CT molecular complexity index is 1620. The molecule has 9 atom stereocenters. The van der Waals surface area contributed by atoms with Crippen molar-refractivity contribution in [1.29, 1.82) is 0 Å². The Morgan fingerprint density at radius 3 is 2.27 bits per heavy atom. The van der Waals surface area contributed by atoms with Crippen LogP contribution in [0, 0.1) is 51.2 Å². The fraction of sp³-hybridized carbons (Fsp3) is 0.738. The van der Waals surface area contributed by atoms with Crippen molar-refractivity contribution in [2.45, 2.75) is 105 Å². The molecule has 5 nitrogen and oxygen atoms in total. The molecule has 1 N–H and O–H groups in total. The third kappa shape index (κ3) is 5.59. The number of halogens is 1. The molecule has 0 bridgehead atoms. The highest BCUT2D eigenvalue weighted by Gasteiger charge is 2.70. The standard InChI is InChI=1S/C42H61ClN2O3S/c1-28(2)31-14-19-42(44-22-23-45-24-26-49(47,48)27-25-45)21-20-40(6)33(36(31)42)12-13-35-39(5)17-15-32(29-8-10-30(11-9-29)37(43)46)38(3,4)34(39)16-18-41(35,40)7/h8-11,15,31,33-36,44H,1,12-14,16-27H2,2-7H3/t31-,33+,34?,35?,36?,39-,40+,41+,42-/m0/s1. The summed E-state index contributed by atoms with van der Waals surface area (Å²) in [5, 5.41) is 3.82. The summed E-state index contributed by atoms with van der Waals surface area (Å²) in [5.41, 5.74) is 5.62. The maximum absolute atomic E-state index is 12.0. The van der Waals surface area contributed by atoms with Gasteiger partial charge < -0.3 is 10.2 Å². The average molecular weight is 709 g/mol. The summed E-state index contributed by atoms with van der Waals surface area (Å²) < 4.78 is 24.0. The summed E-state index contributed by atoms with van der Waals surface area (Å²) in [6, 6.07) is 7.97. The fourth-order valence-corrected chi connectivity index (χ4v) is 15.2. The lowest BCUT2D eigenvalue weighted by Crippen LogP contribution is -2.68. The second-order valence-corrected chi connectivity index (χ2v) is 21.3. The SMILES string of the molecule is C=C(C)[C@@H]1CC[C@]2(NCCN3CCS(=O)(=O)CC3)CC[C@]3(C)[C@H](CCC4[C@@]5(C)CC=C(c6ccc(C(=O)Cl)cc6)C(C)(C)C5CC[C@]43C)C12. The molecule has 1 heterocycles. The van der Waals surface area contributed by atoms with Gasteiger partial charge in [-0.3, -0.25) is 4.79 Å². The Balaban J connectivity index is 1.15. The number of rotatable bonds is 7. The first kappa shape index (κ1) is 35.9. The molecule has 0 spiro atoms. The van der Waals surface area contributed by atoms with Gasteiger partial charge in [0.05, 0.1) is 11.5 Å². The molecule has 7 rings (SSSR count). The van der Waals surface area contributed by atoms with Crippen molar-refractivity contribution in [3.63, 3.8) is 0 Å². The van der Waals surface area contributed by atoms with Crippen LogP contribution in [0.1, 0.15) is 115 Å². The number of nitrogens with zero attached hydrogens (tertiary/aromatic N) is 1. The van der Waals surface area contributed by atoms with Gasteiger partial charge in [0, 0.05) is 37.3 Å². The van der Waals surface area contributed by atoms with Crippen LogP contribution in [0.2, 0.25) is 0 Å². The van der Waals surface area contributed by atoms with Crippen LogP contribution in [0.3, 0.4) is 0 Å². The van der Waals surface area contributed by atoms with Crippen molar-refractivity contribution in [2.75, 3.05) is 37.7 Å². The zero-order valence-electron chi connectivity index (χ0n) is 31.0. The van der Waals surface area contributed by atoms with E-state index in [1.807, 2.05) is 12.1 Å². The molecule has 270 valence electrons. The van der Waals surface area contributed by atoms with E-state index in [4.69, 9.17) is 11.6 Å². The van der Waals surface area contributed by atoms with Crippen molar-refractivity contribution in [2.24, 2.45) is 51.2 Å². The topological polar surface area (TPSA) is 66.5 Å². The van der Waals surface area contributed by atoms with E-state index < -0.39 is 15.1 Å². The molecule has 0 radical (unpaired) electrons.